The van der Waals surface area contributed by atoms with Gasteiger partial charge >= 0.3 is 0 Å². The molecule has 0 spiro atoms. The summed E-state index contributed by atoms with van der Waals surface area (Å²) in [6.45, 7) is 0. The van der Waals surface area contributed by atoms with Crippen LogP contribution >= 0.6 is 11.8 Å². The fraction of sp³-hybridized carbons (Fsp3) is 0.0667. The van der Waals surface area contributed by atoms with Crippen LogP contribution in [0.4, 0.5) is 5.69 Å². The molecule has 21 heavy (non-hydrogen) atoms. The lowest BCUT2D eigenvalue weighted by Gasteiger charge is -2.04. The molecule has 0 bridgehead atoms. The van der Waals surface area contributed by atoms with Crippen LogP contribution < -0.4 is 5.32 Å². The molecule has 6 heteroatoms. The Morgan fingerprint density at radius 2 is 2.14 bits per heavy atom. The van der Waals surface area contributed by atoms with Crippen molar-refractivity contribution in [3.8, 4) is 11.4 Å². The van der Waals surface area contributed by atoms with Gasteiger partial charge < -0.3 is 10.3 Å². The number of hydrogen-bond donors (Lipinski definition) is 3. The van der Waals surface area contributed by atoms with E-state index in [4.69, 9.17) is 0 Å². The van der Waals surface area contributed by atoms with Gasteiger partial charge in [0.1, 0.15) is 11.4 Å². The molecule has 0 unspecified atom stereocenters. The number of H-pyrrole nitrogens is 2. The van der Waals surface area contributed by atoms with Gasteiger partial charge in [0, 0.05) is 16.8 Å². The first-order valence-electron chi connectivity index (χ1n) is 6.41. The first-order valence-corrected chi connectivity index (χ1v) is 7.63. The molecule has 0 atom stereocenters. The molecule has 0 aliphatic heterocycles. The summed E-state index contributed by atoms with van der Waals surface area (Å²) in [7, 11) is 0. The van der Waals surface area contributed by atoms with E-state index < -0.39 is 0 Å². The van der Waals surface area contributed by atoms with Crippen molar-refractivity contribution in [3.63, 3.8) is 0 Å². The molecule has 1 aromatic carbocycles. The standard InChI is InChI=1S/C15H14N4OS/c1-21-11-5-2-4-10(8-11)17-15(20)14-9-13(18-19-14)12-6-3-7-16-12/h2-9,16H,1H3,(H,17,20)(H,18,19). The molecule has 3 rings (SSSR count). The Kier molecular flexibility index (Phi) is 3.79. The van der Waals surface area contributed by atoms with Gasteiger partial charge in [-0.15, -0.1) is 11.8 Å². The summed E-state index contributed by atoms with van der Waals surface area (Å²) in [6, 6.07) is 13.2. The van der Waals surface area contributed by atoms with Crippen molar-refractivity contribution in [2.45, 2.75) is 4.90 Å². The summed E-state index contributed by atoms with van der Waals surface area (Å²) < 4.78 is 0. The first kappa shape index (κ1) is 13.5. The number of nitrogens with one attached hydrogen (secondary N) is 3. The van der Waals surface area contributed by atoms with Crippen molar-refractivity contribution in [3.05, 3.63) is 54.4 Å². The van der Waals surface area contributed by atoms with Crippen molar-refractivity contribution < 1.29 is 4.79 Å². The minimum absolute atomic E-state index is 0.210. The molecule has 2 heterocycles. The quantitative estimate of drug-likeness (QED) is 0.646. The van der Waals surface area contributed by atoms with E-state index in [0.29, 0.717) is 11.4 Å². The maximum absolute atomic E-state index is 12.2. The first-order chi connectivity index (χ1) is 10.3. The number of benzene rings is 1. The predicted molar refractivity (Wildman–Crippen MR) is 84.6 cm³/mol. The Balaban J connectivity index is 1.76. The fourth-order valence-corrected chi connectivity index (χ4v) is 2.42. The van der Waals surface area contributed by atoms with Crippen molar-refractivity contribution >= 4 is 23.4 Å². The van der Waals surface area contributed by atoms with Gasteiger partial charge in [-0.25, -0.2) is 0 Å². The summed E-state index contributed by atoms with van der Waals surface area (Å²) in [6.07, 6.45) is 3.82. The van der Waals surface area contributed by atoms with Crippen LogP contribution in [0.2, 0.25) is 0 Å². The van der Waals surface area contributed by atoms with Crippen molar-refractivity contribution in [1.29, 1.82) is 0 Å². The molecule has 106 valence electrons. The molecule has 0 saturated carbocycles. The van der Waals surface area contributed by atoms with Crippen LogP contribution in [0.15, 0.2) is 53.6 Å². The van der Waals surface area contributed by atoms with Crippen molar-refractivity contribution in [2.24, 2.45) is 0 Å². The third kappa shape index (κ3) is 3.00. The number of amides is 1. The van der Waals surface area contributed by atoms with Gasteiger partial charge in [-0.2, -0.15) is 5.10 Å². The number of carbonyl (C=O) groups is 1. The topological polar surface area (TPSA) is 73.6 Å². The second-order valence-electron chi connectivity index (χ2n) is 4.44. The van der Waals surface area contributed by atoms with Crippen LogP contribution in [0.1, 0.15) is 10.5 Å². The molecule has 0 aliphatic carbocycles. The largest absolute Gasteiger partial charge is 0.360 e. The summed E-state index contributed by atoms with van der Waals surface area (Å²) in [5, 5.41) is 9.75. The number of anilines is 1. The molecule has 0 saturated heterocycles. The summed E-state index contributed by atoms with van der Waals surface area (Å²) in [5.74, 6) is -0.210. The maximum Gasteiger partial charge on any atom is 0.273 e. The highest BCUT2D eigenvalue weighted by molar-refractivity contribution is 7.98. The average Bonchev–Trinajstić information content (AvgIpc) is 3.18. The van der Waals surface area contributed by atoms with Gasteiger partial charge in [-0.05, 0) is 42.7 Å². The molecule has 3 N–H and O–H groups in total. The lowest BCUT2D eigenvalue weighted by atomic mass is 10.2. The van der Waals surface area contributed by atoms with Gasteiger partial charge in [-0.1, -0.05) is 6.07 Å². The molecule has 0 radical (unpaired) electrons. The number of carbonyl (C=O) groups excluding carboxylic acids is 1. The molecule has 5 nitrogen and oxygen atoms in total. The smallest absolute Gasteiger partial charge is 0.273 e. The van der Waals surface area contributed by atoms with Crippen LogP contribution in [-0.2, 0) is 0 Å². The van der Waals surface area contributed by atoms with Crippen LogP contribution in [0.25, 0.3) is 11.4 Å². The van der Waals surface area contributed by atoms with Crippen LogP contribution in [0.3, 0.4) is 0 Å². The molecule has 3 aromatic rings. The number of hydrogen-bond acceptors (Lipinski definition) is 3. The molecule has 1 amide bonds. The highest BCUT2D eigenvalue weighted by Gasteiger charge is 2.11. The lowest BCUT2D eigenvalue weighted by Crippen LogP contribution is -2.12. The Morgan fingerprint density at radius 1 is 1.24 bits per heavy atom. The normalized spacial score (nSPS) is 10.5. The Bertz CT molecular complexity index is 749. The zero-order chi connectivity index (χ0) is 14.7. The molecule has 2 aromatic heterocycles. The summed E-state index contributed by atoms with van der Waals surface area (Å²) >= 11 is 1.63. The third-order valence-corrected chi connectivity index (χ3v) is 3.75. The molecule has 0 fully saturated rings. The molecular formula is C15H14N4OS. The average molecular weight is 298 g/mol. The lowest BCUT2D eigenvalue weighted by molar-refractivity contribution is 0.102. The minimum Gasteiger partial charge on any atom is -0.360 e. The second-order valence-corrected chi connectivity index (χ2v) is 5.32. The Labute approximate surface area is 126 Å². The predicted octanol–water partition coefficient (Wildman–Crippen LogP) is 3.38. The fourth-order valence-electron chi connectivity index (χ4n) is 1.96. The van der Waals surface area contributed by atoms with Crippen LogP contribution in [-0.4, -0.2) is 27.3 Å². The zero-order valence-electron chi connectivity index (χ0n) is 11.4. The zero-order valence-corrected chi connectivity index (χ0v) is 12.2. The molecular weight excluding hydrogens is 284 g/mol. The van der Waals surface area contributed by atoms with Gasteiger partial charge in [0.15, 0.2) is 0 Å². The SMILES string of the molecule is CSc1cccc(NC(=O)c2cc(-c3ccc[nH]3)n[nH]2)c1. The van der Waals surface area contributed by atoms with E-state index in [0.717, 1.165) is 16.3 Å². The number of nitrogens with zero attached hydrogens (tertiary/aromatic N) is 1. The monoisotopic (exact) mass is 298 g/mol. The van der Waals surface area contributed by atoms with E-state index in [9.17, 15) is 4.79 Å². The number of thioether (sulfide) groups is 1. The number of aromatic nitrogens is 3. The minimum atomic E-state index is -0.210. The Morgan fingerprint density at radius 3 is 2.90 bits per heavy atom. The van der Waals surface area contributed by atoms with Crippen LogP contribution in [0.5, 0.6) is 0 Å². The number of rotatable bonds is 4. The van der Waals surface area contributed by atoms with Gasteiger partial charge in [-0.3, -0.25) is 9.89 Å². The maximum atomic E-state index is 12.2. The number of aromatic amines is 2. The van der Waals surface area contributed by atoms with E-state index >= 15 is 0 Å². The van der Waals surface area contributed by atoms with Crippen molar-refractivity contribution in [2.75, 3.05) is 11.6 Å². The van der Waals surface area contributed by atoms with E-state index in [1.165, 1.54) is 0 Å². The highest BCUT2D eigenvalue weighted by atomic mass is 32.2. The van der Waals surface area contributed by atoms with Crippen LogP contribution in [0, 0.1) is 0 Å². The van der Waals surface area contributed by atoms with E-state index in [1.807, 2.05) is 48.9 Å². The van der Waals surface area contributed by atoms with Gasteiger partial charge in [0.2, 0.25) is 0 Å². The van der Waals surface area contributed by atoms with Gasteiger partial charge in [0.05, 0.1) is 5.69 Å². The third-order valence-electron chi connectivity index (χ3n) is 3.02. The Hall–Kier alpha value is -2.47. The van der Waals surface area contributed by atoms with Crippen molar-refractivity contribution in [1.82, 2.24) is 15.2 Å². The van der Waals surface area contributed by atoms with E-state index in [-0.39, 0.29) is 5.91 Å². The summed E-state index contributed by atoms with van der Waals surface area (Å²) in [5.41, 5.74) is 2.77. The van der Waals surface area contributed by atoms with E-state index in [1.54, 1.807) is 17.8 Å². The second kappa shape index (κ2) is 5.88. The molecule has 0 aliphatic rings. The highest BCUT2D eigenvalue weighted by Crippen LogP contribution is 2.20. The van der Waals surface area contributed by atoms with E-state index in [2.05, 4.69) is 20.5 Å². The summed E-state index contributed by atoms with van der Waals surface area (Å²) in [4.78, 5) is 16.4. The van der Waals surface area contributed by atoms with Gasteiger partial charge in [0.25, 0.3) is 5.91 Å².